The SMILES string of the molecule is Brc1cccn2c(C3CCCN3)ncc12. The third-order valence-electron chi connectivity index (χ3n) is 2.92. The molecule has 2 aromatic heterocycles. The van der Waals surface area contributed by atoms with Crippen molar-refractivity contribution in [2.24, 2.45) is 0 Å². The molecule has 78 valence electrons. The lowest BCUT2D eigenvalue weighted by molar-refractivity contribution is 0.602. The maximum Gasteiger partial charge on any atom is 0.130 e. The molecule has 1 aliphatic heterocycles. The number of hydrogen-bond acceptors (Lipinski definition) is 2. The summed E-state index contributed by atoms with van der Waals surface area (Å²) in [6.07, 6.45) is 6.43. The predicted octanol–water partition coefficient (Wildman–Crippen LogP) is 2.52. The number of rotatable bonds is 1. The van der Waals surface area contributed by atoms with Gasteiger partial charge in [0.05, 0.1) is 17.8 Å². The minimum Gasteiger partial charge on any atom is -0.307 e. The first-order valence-corrected chi connectivity index (χ1v) is 6.00. The van der Waals surface area contributed by atoms with Crippen molar-refractivity contribution < 1.29 is 0 Å². The predicted molar refractivity (Wildman–Crippen MR) is 62.9 cm³/mol. The fraction of sp³-hybridized carbons (Fsp3) is 0.364. The Bertz CT molecular complexity index is 486. The van der Waals surface area contributed by atoms with Crippen molar-refractivity contribution in [3.8, 4) is 0 Å². The number of imidazole rings is 1. The summed E-state index contributed by atoms with van der Waals surface area (Å²) in [5.41, 5.74) is 1.14. The van der Waals surface area contributed by atoms with Crippen LogP contribution in [0.3, 0.4) is 0 Å². The number of nitrogens with zero attached hydrogens (tertiary/aromatic N) is 2. The highest BCUT2D eigenvalue weighted by Gasteiger charge is 2.20. The molecule has 1 unspecified atom stereocenters. The summed E-state index contributed by atoms with van der Waals surface area (Å²) in [6.45, 7) is 1.10. The molecule has 0 bridgehead atoms. The zero-order valence-corrected chi connectivity index (χ0v) is 9.87. The van der Waals surface area contributed by atoms with Crippen LogP contribution in [0.2, 0.25) is 0 Å². The van der Waals surface area contributed by atoms with Gasteiger partial charge in [0.25, 0.3) is 0 Å². The maximum absolute atomic E-state index is 4.51. The molecule has 2 aromatic rings. The second-order valence-electron chi connectivity index (χ2n) is 3.88. The van der Waals surface area contributed by atoms with E-state index < -0.39 is 0 Å². The standard InChI is InChI=1S/C11H12BrN3/c12-8-3-2-6-15-10(8)7-14-11(15)9-4-1-5-13-9/h2-3,6-7,9,13H,1,4-5H2. The Morgan fingerprint density at radius 1 is 1.53 bits per heavy atom. The van der Waals surface area contributed by atoms with E-state index in [9.17, 15) is 0 Å². The van der Waals surface area contributed by atoms with Crippen LogP contribution < -0.4 is 5.32 Å². The quantitative estimate of drug-likeness (QED) is 0.859. The molecule has 1 aliphatic rings. The van der Waals surface area contributed by atoms with Crippen molar-refractivity contribution in [1.82, 2.24) is 14.7 Å². The summed E-state index contributed by atoms with van der Waals surface area (Å²) >= 11 is 3.54. The second kappa shape index (κ2) is 3.61. The molecule has 1 saturated heterocycles. The van der Waals surface area contributed by atoms with E-state index >= 15 is 0 Å². The highest BCUT2D eigenvalue weighted by atomic mass is 79.9. The minimum atomic E-state index is 0.418. The van der Waals surface area contributed by atoms with E-state index in [1.165, 1.54) is 12.8 Å². The van der Waals surface area contributed by atoms with Crippen LogP contribution in [-0.4, -0.2) is 15.9 Å². The topological polar surface area (TPSA) is 29.3 Å². The van der Waals surface area contributed by atoms with Crippen molar-refractivity contribution in [1.29, 1.82) is 0 Å². The molecule has 0 aliphatic carbocycles. The zero-order chi connectivity index (χ0) is 10.3. The van der Waals surface area contributed by atoms with Gasteiger partial charge in [-0.15, -0.1) is 0 Å². The number of aromatic nitrogens is 2. The van der Waals surface area contributed by atoms with E-state index in [4.69, 9.17) is 0 Å². The van der Waals surface area contributed by atoms with Crippen LogP contribution in [0.15, 0.2) is 29.0 Å². The second-order valence-corrected chi connectivity index (χ2v) is 4.73. The van der Waals surface area contributed by atoms with Gasteiger partial charge in [-0.05, 0) is 47.4 Å². The highest BCUT2D eigenvalue weighted by Crippen LogP contribution is 2.25. The molecule has 1 fully saturated rings. The number of hydrogen-bond donors (Lipinski definition) is 1. The van der Waals surface area contributed by atoms with Gasteiger partial charge in [0.1, 0.15) is 5.82 Å². The van der Waals surface area contributed by atoms with Crippen molar-refractivity contribution >= 4 is 21.4 Å². The van der Waals surface area contributed by atoms with Crippen LogP contribution in [0.1, 0.15) is 24.7 Å². The van der Waals surface area contributed by atoms with E-state index in [1.54, 1.807) is 0 Å². The number of pyridine rings is 1. The molecule has 0 aromatic carbocycles. The Balaban J connectivity index is 2.15. The van der Waals surface area contributed by atoms with Crippen molar-refractivity contribution in [2.75, 3.05) is 6.54 Å². The maximum atomic E-state index is 4.51. The monoisotopic (exact) mass is 265 g/mol. The molecule has 0 radical (unpaired) electrons. The van der Waals surface area contributed by atoms with Crippen LogP contribution in [0.4, 0.5) is 0 Å². The van der Waals surface area contributed by atoms with E-state index in [-0.39, 0.29) is 0 Å². The molecule has 0 amide bonds. The molecule has 1 N–H and O–H groups in total. The fourth-order valence-electron chi connectivity index (χ4n) is 2.17. The first kappa shape index (κ1) is 9.36. The summed E-state index contributed by atoms with van der Waals surface area (Å²) in [4.78, 5) is 4.51. The highest BCUT2D eigenvalue weighted by molar-refractivity contribution is 9.10. The Morgan fingerprint density at radius 3 is 3.27 bits per heavy atom. The molecular weight excluding hydrogens is 254 g/mol. The van der Waals surface area contributed by atoms with E-state index in [0.29, 0.717) is 6.04 Å². The number of fused-ring (bicyclic) bond motifs is 1. The number of nitrogens with one attached hydrogen (secondary N) is 1. The minimum absolute atomic E-state index is 0.418. The van der Waals surface area contributed by atoms with Crippen molar-refractivity contribution in [3.05, 3.63) is 34.8 Å². The lowest BCUT2D eigenvalue weighted by atomic mass is 10.2. The van der Waals surface area contributed by atoms with Gasteiger partial charge in [-0.3, -0.25) is 0 Å². The smallest absolute Gasteiger partial charge is 0.130 e. The molecule has 0 saturated carbocycles. The van der Waals surface area contributed by atoms with Crippen molar-refractivity contribution in [2.45, 2.75) is 18.9 Å². The van der Waals surface area contributed by atoms with Gasteiger partial charge in [-0.25, -0.2) is 4.98 Å². The Labute approximate surface area is 96.6 Å². The fourth-order valence-corrected chi connectivity index (χ4v) is 2.62. The molecule has 3 heterocycles. The first-order valence-electron chi connectivity index (χ1n) is 5.21. The third-order valence-corrected chi connectivity index (χ3v) is 3.59. The third kappa shape index (κ3) is 1.48. The Morgan fingerprint density at radius 2 is 2.47 bits per heavy atom. The molecule has 1 atom stereocenters. The van der Waals surface area contributed by atoms with E-state index in [2.05, 4.69) is 36.8 Å². The largest absolute Gasteiger partial charge is 0.307 e. The van der Waals surface area contributed by atoms with Crippen LogP contribution in [0.5, 0.6) is 0 Å². The van der Waals surface area contributed by atoms with Crippen LogP contribution >= 0.6 is 15.9 Å². The Hall–Kier alpha value is -0.870. The summed E-state index contributed by atoms with van der Waals surface area (Å²) in [5, 5.41) is 3.47. The molecule has 0 spiro atoms. The first-order chi connectivity index (χ1) is 7.36. The van der Waals surface area contributed by atoms with Crippen molar-refractivity contribution in [3.63, 3.8) is 0 Å². The van der Waals surface area contributed by atoms with Gasteiger partial charge in [-0.1, -0.05) is 0 Å². The molecular formula is C11H12BrN3. The summed E-state index contributed by atoms with van der Waals surface area (Å²) in [6, 6.07) is 4.50. The lowest BCUT2D eigenvalue weighted by Gasteiger charge is -2.08. The average Bonchev–Trinajstić information content (AvgIpc) is 2.85. The van der Waals surface area contributed by atoms with Gasteiger partial charge >= 0.3 is 0 Å². The van der Waals surface area contributed by atoms with Crippen LogP contribution in [0.25, 0.3) is 5.52 Å². The average molecular weight is 266 g/mol. The normalized spacial score (nSPS) is 21.3. The zero-order valence-electron chi connectivity index (χ0n) is 8.28. The van der Waals surface area contributed by atoms with Crippen LogP contribution in [0, 0.1) is 0 Å². The van der Waals surface area contributed by atoms with Gasteiger partial charge in [-0.2, -0.15) is 0 Å². The van der Waals surface area contributed by atoms with Gasteiger partial charge in [0, 0.05) is 10.7 Å². The molecule has 15 heavy (non-hydrogen) atoms. The summed E-state index contributed by atoms with van der Waals surface area (Å²) in [7, 11) is 0. The summed E-state index contributed by atoms with van der Waals surface area (Å²) in [5.74, 6) is 1.13. The molecule has 3 nitrogen and oxygen atoms in total. The lowest BCUT2D eigenvalue weighted by Crippen LogP contribution is -2.15. The van der Waals surface area contributed by atoms with E-state index in [1.807, 2.05) is 18.3 Å². The summed E-state index contributed by atoms with van der Waals surface area (Å²) < 4.78 is 3.26. The Kier molecular flexibility index (Phi) is 2.25. The van der Waals surface area contributed by atoms with Gasteiger partial charge in [0.15, 0.2) is 0 Å². The van der Waals surface area contributed by atoms with Gasteiger partial charge < -0.3 is 9.72 Å². The van der Waals surface area contributed by atoms with E-state index in [0.717, 1.165) is 22.4 Å². The molecule has 4 heteroatoms. The molecule has 3 rings (SSSR count). The number of halogens is 1. The van der Waals surface area contributed by atoms with Gasteiger partial charge in [0.2, 0.25) is 0 Å². The van der Waals surface area contributed by atoms with Crippen LogP contribution in [-0.2, 0) is 0 Å².